The third-order valence-corrected chi connectivity index (χ3v) is 8.00. The third kappa shape index (κ3) is 3.42. The molecule has 0 radical (unpaired) electrons. The summed E-state index contributed by atoms with van der Waals surface area (Å²) >= 11 is 0. The fraction of sp³-hybridized carbons (Fsp3) is 0.476. The number of hydrogen-bond acceptors (Lipinski definition) is 4. The highest BCUT2D eigenvalue weighted by molar-refractivity contribution is 7.92. The number of benzene rings is 1. The van der Waals surface area contributed by atoms with E-state index in [4.69, 9.17) is 0 Å². The summed E-state index contributed by atoms with van der Waals surface area (Å²) in [6.45, 7) is 0.377. The largest absolute Gasteiger partial charge is 0.306 e. The molecule has 2 aromatic rings. The van der Waals surface area contributed by atoms with Crippen molar-refractivity contribution in [2.24, 2.45) is 5.92 Å². The van der Waals surface area contributed by atoms with Crippen molar-refractivity contribution in [1.29, 1.82) is 0 Å². The number of hydrogen-bond donors (Lipinski definition) is 0. The topological polar surface area (TPSA) is 53.5 Å². The van der Waals surface area contributed by atoms with Gasteiger partial charge in [-0.1, -0.05) is 6.07 Å². The van der Waals surface area contributed by atoms with Crippen molar-refractivity contribution in [2.45, 2.75) is 42.5 Å². The Balaban J connectivity index is 1.64. The second-order valence-electron chi connectivity index (χ2n) is 8.04. The maximum absolute atomic E-state index is 13.7. The number of pyridine rings is 1. The quantitative estimate of drug-likeness (QED) is 0.782. The second kappa shape index (κ2) is 7.44. The van der Waals surface area contributed by atoms with Gasteiger partial charge < -0.3 is 4.90 Å². The monoisotopic (exact) mass is 403 g/mol. The van der Waals surface area contributed by atoms with E-state index in [-0.39, 0.29) is 10.8 Å². The lowest BCUT2D eigenvalue weighted by Gasteiger charge is -2.35. The maximum Gasteiger partial charge on any atom is 0.264 e. The van der Waals surface area contributed by atoms with Crippen LogP contribution in [0.2, 0.25) is 0 Å². The lowest BCUT2D eigenvalue weighted by atomic mass is 9.77. The lowest BCUT2D eigenvalue weighted by Crippen LogP contribution is -2.35. The van der Waals surface area contributed by atoms with Gasteiger partial charge in [-0.25, -0.2) is 12.8 Å². The summed E-state index contributed by atoms with van der Waals surface area (Å²) in [4.78, 5) is 6.82. The van der Waals surface area contributed by atoms with Gasteiger partial charge >= 0.3 is 0 Å². The van der Waals surface area contributed by atoms with E-state index in [2.05, 4.69) is 24.0 Å². The summed E-state index contributed by atoms with van der Waals surface area (Å²) < 4.78 is 41.6. The van der Waals surface area contributed by atoms with Crippen LogP contribution in [0.1, 0.15) is 37.3 Å². The molecular formula is C21H26FN3O2S. The van der Waals surface area contributed by atoms with Crippen LogP contribution in [0.15, 0.2) is 47.5 Å². The molecule has 1 fully saturated rings. The van der Waals surface area contributed by atoms with E-state index in [1.165, 1.54) is 22.5 Å². The Morgan fingerprint density at radius 1 is 1.11 bits per heavy atom. The van der Waals surface area contributed by atoms with Crippen molar-refractivity contribution in [2.75, 3.05) is 24.9 Å². The third-order valence-electron chi connectivity index (χ3n) is 6.22. The molecule has 7 heteroatoms. The summed E-state index contributed by atoms with van der Waals surface area (Å²) in [6.07, 6.45) is 6.10. The van der Waals surface area contributed by atoms with Crippen LogP contribution in [-0.4, -0.2) is 45.0 Å². The van der Waals surface area contributed by atoms with Crippen LogP contribution >= 0.6 is 0 Å². The van der Waals surface area contributed by atoms with Gasteiger partial charge in [-0.15, -0.1) is 0 Å². The first-order chi connectivity index (χ1) is 13.4. The van der Waals surface area contributed by atoms with Crippen molar-refractivity contribution in [3.8, 4) is 0 Å². The number of fused-ring (bicyclic) bond motifs is 1. The zero-order valence-electron chi connectivity index (χ0n) is 16.3. The summed E-state index contributed by atoms with van der Waals surface area (Å²) in [6, 6.07) is 9.38. The number of nitrogens with zero attached hydrogens (tertiary/aromatic N) is 3. The molecule has 1 aromatic heterocycles. The molecule has 1 saturated carbocycles. The minimum absolute atomic E-state index is 0.0146. The molecule has 4 rings (SSSR count). The molecular weight excluding hydrogens is 377 g/mol. The predicted molar refractivity (Wildman–Crippen MR) is 107 cm³/mol. The van der Waals surface area contributed by atoms with Crippen molar-refractivity contribution in [3.05, 3.63) is 54.1 Å². The van der Waals surface area contributed by atoms with E-state index in [1.807, 2.05) is 6.07 Å². The first kappa shape index (κ1) is 19.3. The summed E-state index contributed by atoms with van der Waals surface area (Å²) in [5.74, 6) is -0.0505. The molecule has 0 N–H and O–H groups in total. The van der Waals surface area contributed by atoms with Gasteiger partial charge in [0.25, 0.3) is 10.0 Å². The fourth-order valence-electron chi connectivity index (χ4n) is 4.64. The molecule has 0 bridgehead atoms. The van der Waals surface area contributed by atoms with Crippen molar-refractivity contribution >= 4 is 15.7 Å². The standard InChI is InChI=1S/C21H26FN3O2S/c1-24(2)17-10-8-15(9-11-17)19-14-25(20-7-4-12-23-21(19)20)28(26,27)18-6-3-5-16(22)13-18/h3-7,12-13,15,17,19H,8-11,14H2,1-2H3. The van der Waals surface area contributed by atoms with Gasteiger partial charge in [0.1, 0.15) is 5.82 Å². The van der Waals surface area contributed by atoms with Crippen LogP contribution in [0.5, 0.6) is 0 Å². The molecule has 1 aromatic carbocycles. The minimum Gasteiger partial charge on any atom is -0.306 e. The first-order valence-corrected chi connectivity index (χ1v) is 11.2. The molecule has 1 aliphatic carbocycles. The summed E-state index contributed by atoms with van der Waals surface area (Å²) in [7, 11) is 0.406. The zero-order valence-corrected chi connectivity index (χ0v) is 17.1. The second-order valence-corrected chi connectivity index (χ2v) is 9.90. The van der Waals surface area contributed by atoms with E-state index in [0.29, 0.717) is 24.2 Å². The van der Waals surface area contributed by atoms with Gasteiger partial charge in [-0.2, -0.15) is 0 Å². The van der Waals surface area contributed by atoms with Gasteiger partial charge in [-0.3, -0.25) is 9.29 Å². The van der Waals surface area contributed by atoms with E-state index in [0.717, 1.165) is 37.4 Å². The van der Waals surface area contributed by atoms with E-state index >= 15 is 0 Å². The molecule has 2 heterocycles. The van der Waals surface area contributed by atoms with Gasteiger partial charge in [-0.05, 0) is 76.0 Å². The van der Waals surface area contributed by atoms with E-state index < -0.39 is 15.8 Å². The maximum atomic E-state index is 13.7. The molecule has 5 nitrogen and oxygen atoms in total. The predicted octanol–water partition coefficient (Wildman–Crippen LogP) is 3.63. The zero-order chi connectivity index (χ0) is 19.9. The molecule has 0 saturated heterocycles. The Morgan fingerprint density at radius 2 is 1.86 bits per heavy atom. The Bertz CT molecular complexity index is 956. The van der Waals surface area contributed by atoms with Gasteiger partial charge in [0, 0.05) is 24.7 Å². The van der Waals surface area contributed by atoms with Gasteiger partial charge in [0.05, 0.1) is 16.3 Å². The summed E-state index contributed by atoms with van der Waals surface area (Å²) in [5, 5.41) is 0. The minimum atomic E-state index is -3.83. The van der Waals surface area contributed by atoms with Gasteiger partial charge in [0.2, 0.25) is 0 Å². The van der Waals surface area contributed by atoms with Crippen LogP contribution in [-0.2, 0) is 10.0 Å². The number of halogens is 1. The smallest absolute Gasteiger partial charge is 0.264 e. The first-order valence-electron chi connectivity index (χ1n) is 9.77. The number of anilines is 1. The Hall–Kier alpha value is -1.99. The normalized spacial score (nSPS) is 25.1. The molecule has 1 aliphatic heterocycles. The van der Waals surface area contributed by atoms with Crippen LogP contribution in [0.25, 0.3) is 0 Å². The van der Waals surface area contributed by atoms with Crippen LogP contribution in [0.4, 0.5) is 10.1 Å². The van der Waals surface area contributed by atoms with Crippen LogP contribution < -0.4 is 4.31 Å². The average Bonchev–Trinajstić information content (AvgIpc) is 3.08. The molecule has 1 atom stereocenters. The molecule has 0 amide bonds. The number of aromatic nitrogens is 1. The Labute approximate surface area is 166 Å². The van der Waals surface area contributed by atoms with Crippen molar-refractivity contribution in [1.82, 2.24) is 9.88 Å². The van der Waals surface area contributed by atoms with Crippen LogP contribution in [0.3, 0.4) is 0 Å². The van der Waals surface area contributed by atoms with Crippen molar-refractivity contribution in [3.63, 3.8) is 0 Å². The van der Waals surface area contributed by atoms with E-state index in [9.17, 15) is 12.8 Å². The molecule has 150 valence electrons. The highest BCUT2D eigenvalue weighted by atomic mass is 32.2. The van der Waals surface area contributed by atoms with Gasteiger partial charge in [0.15, 0.2) is 0 Å². The van der Waals surface area contributed by atoms with E-state index in [1.54, 1.807) is 12.3 Å². The molecule has 28 heavy (non-hydrogen) atoms. The molecule has 0 spiro atoms. The van der Waals surface area contributed by atoms with Crippen molar-refractivity contribution < 1.29 is 12.8 Å². The SMILES string of the molecule is CN(C)C1CCC(C2CN(S(=O)(=O)c3cccc(F)c3)c3cccnc32)CC1. The fourth-order valence-corrected chi connectivity index (χ4v) is 6.18. The summed E-state index contributed by atoms with van der Waals surface area (Å²) in [5.41, 5.74) is 1.49. The number of sulfonamides is 1. The molecule has 1 unspecified atom stereocenters. The highest BCUT2D eigenvalue weighted by Crippen LogP contribution is 2.46. The lowest BCUT2D eigenvalue weighted by molar-refractivity contribution is 0.181. The number of rotatable bonds is 4. The highest BCUT2D eigenvalue weighted by Gasteiger charge is 2.42. The Morgan fingerprint density at radius 3 is 2.54 bits per heavy atom. The van der Waals surface area contributed by atoms with Crippen LogP contribution in [0, 0.1) is 11.7 Å². The average molecular weight is 404 g/mol. The molecule has 2 aliphatic rings. The Kier molecular flexibility index (Phi) is 5.14.